The molecule has 0 aromatic heterocycles. The fourth-order valence-corrected chi connectivity index (χ4v) is 9.97. The minimum absolute atomic E-state index is 0.0117. The standard InChI is InChI=1S/C39H51O18P3/c1-7-46-58(43,47-8-2)55-34-31(52-37(40)28-22-16-13-17-23-28)32(53-38(41)29-24-18-14-19-25-29)35(56-59(44,48-9-3)49-10-4)36(57-60(45,50-11-5)51-12-6)33(34)54-39(42)30-26-20-15-21-27-30/h13-27,31-36H,7-12H2,1-6H3/t31-,32+,33-,34+,35+,36+/m0/s1. The van der Waals surface area contributed by atoms with Gasteiger partial charge in [0.1, 0.15) is 18.3 Å². The van der Waals surface area contributed by atoms with Crippen LogP contribution in [-0.2, 0) is 68.6 Å². The van der Waals surface area contributed by atoms with Crippen molar-refractivity contribution in [1.82, 2.24) is 0 Å². The summed E-state index contributed by atoms with van der Waals surface area (Å²) >= 11 is 0. The average molecular weight is 901 g/mol. The van der Waals surface area contributed by atoms with Crippen LogP contribution in [0, 0.1) is 0 Å². The van der Waals surface area contributed by atoms with Crippen molar-refractivity contribution in [2.45, 2.75) is 78.2 Å². The topological polar surface area (TPSA) is 213 Å². The van der Waals surface area contributed by atoms with Crippen LogP contribution in [0.2, 0.25) is 0 Å². The normalized spacial score (nSPS) is 20.9. The first-order valence-electron chi connectivity index (χ1n) is 19.3. The highest BCUT2D eigenvalue weighted by molar-refractivity contribution is 7.49. The number of esters is 3. The fourth-order valence-electron chi connectivity index (χ4n) is 5.87. The maximum Gasteiger partial charge on any atom is 0.475 e. The summed E-state index contributed by atoms with van der Waals surface area (Å²) in [5.74, 6) is -3.15. The molecule has 60 heavy (non-hydrogen) atoms. The van der Waals surface area contributed by atoms with E-state index in [-0.39, 0.29) is 56.3 Å². The molecule has 0 spiro atoms. The van der Waals surface area contributed by atoms with Crippen LogP contribution in [0.15, 0.2) is 91.0 Å². The molecule has 6 atom stereocenters. The van der Waals surface area contributed by atoms with Crippen molar-refractivity contribution in [3.63, 3.8) is 0 Å². The summed E-state index contributed by atoms with van der Waals surface area (Å²) < 4.78 is 113. The molecule has 0 N–H and O–H groups in total. The van der Waals surface area contributed by atoms with Gasteiger partial charge >= 0.3 is 41.4 Å². The second-order valence-corrected chi connectivity index (χ2v) is 17.1. The van der Waals surface area contributed by atoms with Gasteiger partial charge in [-0.1, -0.05) is 54.6 Å². The molecule has 0 amide bonds. The van der Waals surface area contributed by atoms with E-state index in [1.54, 1.807) is 54.6 Å². The number of hydrogen-bond donors (Lipinski definition) is 0. The zero-order chi connectivity index (χ0) is 43.8. The van der Waals surface area contributed by atoms with Crippen molar-refractivity contribution in [3.05, 3.63) is 108 Å². The van der Waals surface area contributed by atoms with E-state index in [9.17, 15) is 28.1 Å². The number of benzene rings is 3. The molecule has 1 fully saturated rings. The molecular weight excluding hydrogens is 849 g/mol. The molecule has 18 nitrogen and oxygen atoms in total. The maximum absolute atomic E-state index is 14.4. The Kier molecular flexibility index (Phi) is 19.3. The first-order chi connectivity index (χ1) is 28.8. The smallest absolute Gasteiger partial charge is 0.453 e. The Morgan fingerprint density at radius 3 is 0.783 bits per heavy atom. The van der Waals surface area contributed by atoms with Gasteiger partial charge in [0.25, 0.3) is 0 Å². The SMILES string of the molecule is CCOP(=O)(OCC)O[C@@H]1[C@@H](OC(=O)c2ccccc2)[C@@H](OC(=O)c2ccccc2)[C@@H](OP(=O)(OCC)OCC)[C@H](OP(=O)(OCC)OCC)[C@H]1OC(=O)c1ccccc1. The van der Waals surface area contributed by atoms with Crippen molar-refractivity contribution >= 4 is 41.4 Å². The van der Waals surface area contributed by atoms with Gasteiger partial charge in [-0.3, -0.25) is 40.7 Å². The van der Waals surface area contributed by atoms with Crippen molar-refractivity contribution in [1.29, 1.82) is 0 Å². The highest BCUT2D eigenvalue weighted by atomic mass is 31.2. The second kappa shape index (κ2) is 23.6. The van der Waals surface area contributed by atoms with Gasteiger partial charge in [-0.25, -0.2) is 28.1 Å². The lowest BCUT2D eigenvalue weighted by Gasteiger charge is -2.48. The lowest BCUT2D eigenvalue weighted by atomic mass is 9.84. The summed E-state index contributed by atoms with van der Waals surface area (Å²) in [6.45, 7) is 7.53. The Morgan fingerprint density at radius 1 is 0.367 bits per heavy atom. The lowest BCUT2D eigenvalue weighted by molar-refractivity contribution is -0.215. The molecule has 3 aromatic carbocycles. The van der Waals surface area contributed by atoms with E-state index in [4.69, 9.17) is 54.9 Å². The number of ether oxygens (including phenoxy) is 3. The number of carbonyl (C=O) groups is 3. The van der Waals surface area contributed by atoms with Crippen molar-refractivity contribution in [2.75, 3.05) is 39.6 Å². The summed E-state index contributed by atoms with van der Waals surface area (Å²) in [7, 11) is -14.3. The van der Waals surface area contributed by atoms with E-state index in [1.165, 1.54) is 77.9 Å². The van der Waals surface area contributed by atoms with E-state index in [0.29, 0.717) is 0 Å². The maximum atomic E-state index is 14.4. The second-order valence-electron chi connectivity index (χ2n) is 12.3. The van der Waals surface area contributed by atoms with Crippen LogP contribution in [0.5, 0.6) is 0 Å². The molecule has 1 saturated carbocycles. The van der Waals surface area contributed by atoms with E-state index in [0.717, 1.165) is 0 Å². The Bertz CT molecular complexity index is 1920. The summed E-state index contributed by atoms with van der Waals surface area (Å²) in [6.07, 6.45) is -12.4. The molecule has 0 unspecified atom stereocenters. The fraction of sp³-hybridized carbons (Fsp3) is 0.462. The largest absolute Gasteiger partial charge is 0.475 e. The van der Waals surface area contributed by atoms with Crippen molar-refractivity contribution < 1.29 is 83.0 Å². The zero-order valence-corrected chi connectivity index (χ0v) is 36.7. The van der Waals surface area contributed by atoms with Gasteiger partial charge in [-0.15, -0.1) is 0 Å². The molecule has 0 bridgehead atoms. The monoisotopic (exact) mass is 900 g/mol. The highest BCUT2D eigenvalue weighted by Gasteiger charge is 2.63. The van der Waals surface area contributed by atoms with E-state index < -0.39 is 78.0 Å². The number of phosphoric ester groups is 3. The zero-order valence-electron chi connectivity index (χ0n) is 34.1. The van der Waals surface area contributed by atoms with Gasteiger partial charge in [0.05, 0.1) is 56.3 Å². The van der Waals surface area contributed by atoms with Crippen molar-refractivity contribution in [2.24, 2.45) is 0 Å². The molecule has 0 saturated heterocycles. The van der Waals surface area contributed by atoms with Crippen LogP contribution in [0.1, 0.15) is 72.6 Å². The lowest BCUT2D eigenvalue weighted by Crippen LogP contribution is -2.68. The van der Waals surface area contributed by atoms with Crippen LogP contribution in [0.25, 0.3) is 0 Å². The molecule has 1 aliphatic rings. The van der Waals surface area contributed by atoms with Gasteiger partial charge < -0.3 is 14.2 Å². The van der Waals surface area contributed by atoms with Crippen molar-refractivity contribution in [3.8, 4) is 0 Å². The molecule has 0 radical (unpaired) electrons. The molecule has 0 aliphatic heterocycles. The van der Waals surface area contributed by atoms with Gasteiger partial charge in [0, 0.05) is 0 Å². The third-order valence-electron chi connectivity index (χ3n) is 8.18. The minimum Gasteiger partial charge on any atom is -0.453 e. The van der Waals surface area contributed by atoms with Crippen LogP contribution >= 0.6 is 23.5 Å². The van der Waals surface area contributed by atoms with Gasteiger partial charge in [0.2, 0.25) is 0 Å². The van der Waals surface area contributed by atoms with E-state index in [2.05, 4.69) is 0 Å². The predicted molar refractivity (Wildman–Crippen MR) is 214 cm³/mol. The third kappa shape index (κ3) is 13.4. The Hall–Kier alpha value is -3.60. The van der Waals surface area contributed by atoms with Crippen LogP contribution in [0.4, 0.5) is 0 Å². The van der Waals surface area contributed by atoms with E-state index in [1.807, 2.05) is 0 Å². The molecule has 1 aliphatic carbocycles. The number of rotatable bonds is 24. The minimum atomic E-state index is -4.77. The van der Waals surface area contributed by atoms with Gasteiger partial charge in [-0.2, -0.15) is 0 Å². The summed E-state index contributed by atoms with van der Waals surface area (Å²) in [4.78, 5) is 42.3. The number of hydrogen-bond acceptors (Lipinski definition) is 18. The van der Waals surface area contributed by atoms with Crippen LogP contribution in [-0.4, -0.2) is 94.2 Å². The molecule has 4 rings (SSSR count). The van der Waals surface area contributed by atoms with Crippen LogP contribution in [0.3, 0.4) is 0 Å². The predicted octanol–water partition coefficient (Wildman–Crippen LogP) is 8.38. The molecule has 330 valence electrons. The molecule has 3 aromatic rings. The number of phosphoric acid groups is 3. The Balaban J connectivity index is 2.11. The van der Waals surface area contributed by atoms with Gasteiger partial charge in [0.15, 0.2) is 18.3 Å². The quantitative estimate of drug-likeness (QED) is 0.0469. The first-order valence-corrected chi connectivity index (χ1v) is 23.7. The van der Waals surface area contributed by atoms with Gasteiger partial charge in [-0.05, 0) is 77.9 Å². The third-order valence-corrected chi connectivity index (χ3v) is 13.1. The van der Waals surface area contributed by atoms with Crippen LogP contribution < -0.4 is 0 Å². The molecule has 21 heteroatoms. The Morgan fingerprint density at radius 2 is 0.567 bits per heavy atom. The molecular formula is C39H51O18P3. The first kappa shape index (κ1) is 49.1. The molecule has 0 heterocycles. The average Bonchev–Trinajstić information content (AvgIpc) is 3.23. The summed E-state index contributed by atoms with van der Waals surface area (Å²) in [6, 6.07) is 22.7. The van der Waals surface area contributed by atoms with E-state index >= 15 is 0 Å². The summed E-state index contributed by atoms with van der Waals surface area (Å²) in [5.41, 5.74) is -0.0476. The Labute approximate surface area is 349 Å². The summed E-state index contributed by atoms with van der Waals surface area (Å²) in [5, 5.41) is 0. The highest BCUT2D eigenvalue weighted by Crippen LogP contribution is 2.59. The number of carbonyl (C=O) groups excluding carboxylic acids is 3.